The molecule has 0 aliphatic heterocycles. The van der Waals surface area contributed by atoms with E-state index in [1.165, 1.54) is 0 Å². The van der Waals surface area contributed by atoms with Gasteiger partial charge in [0.05, 0.1) is 5.54 Å². The van der Waals surface area contributed by atoms with E-state index in [1.54, 1.807) is 0 Å². The number of hydrogen-bond acceptors (Lipinski definition) is 3. The molecule has 0 fully saturated rings. The van der Waals surface area contributed by atoms with Gasteiger partial charge in [0.25, 0.3) is 0 Å². The summed E-state index contributed by atoms with van der Waals surface area (Å²) in [5.74, 6) is 0. The van der Waals surface area contributed by atoms with Crippen molar-refractivity contribution in [1.29, 1.82) is 0 Å². The van der Waals surface area contributed by atoms with Crippen molar-refractivity contribution in [2.75, 3.05) is 13.1 Å². The Hall–Kier alpha value is -1.09. The summed E-state index contributed by atoms with van der Waals surface area (Å²) < 4.78 is 0. The van der Waals surface area contributed by atoms with Gasteiger partial charge in [-0.15, -0.1) is 0 Å². The van der Waals surface area contributed by atoms with Crippen LogP contribution in [0.25, 0.3) is 0 Å². The van der Waals surface area contributed by atoms with Gasteiger partial charge in [-0.2, -0.15) is 0 Å². The molecule has 0 heterocycles. The van der Waals surface area contributed by atoms with Crippen LogP contribution < -0.4 is 10.6 Å². The summed E-state index contributed by atoms with van der Waals surface area (Å²) in [6, 6.07) is 0. The lowest BCUT2D eigenvalue weighted by atomic mass is 9.91. The van der Waals surface area contributed by atoms with Crippen LogP contribution in [-0.4, -0.2) is 24.9 Å². The third-order valence-electron chi connectivity index (χ3n) is 2.71. The zero-order valence-electron chi connectivity index (χ0n) is 10.3. The summed E-state index contributed by atoms with van der Waals surface area (Å²) in [6.45, 7) is 6.09. The molecule has 90 valence electrons. The maximum absolute atomic E-state index is 11.1. The number of hydrogen-bond donors (Lipinski definition) is 2. The topological polar surface area (TPSA) is 41.1 Å². The largest absolute Gasteiger partial charge is 0.385 e. The Labute approximate surface area is 98.0 Å². The normalized spacial score (nSPS) is 24.0. The Morgan fingerprint density at radius 2 is 2.12 bits per heavy atom. The average molecular weight is 222 g/mol. The third-order valence-corrected chi connectivity index (χ3v) is 2.71. The highest BCUT2D eigenvalue weighted by atomic mass is 16.1. The van der Waals surface area contributed by atoms with Crippen LogP contribution in [-0.2, 0) is 4.79 Å². The summed E-state index contributed by atoms with van der Waals surface area (Å²) in [5, 5.41) is 6.60. The number of aldehydes is 1. The van der Waals surface area contributed by atoms with Gasteiger partial charge in [0.2, 0.25) is 0 Å². The minimum absolute atomic E-state index is 0.479. The summed E-state index contributed by atoms with van der Waals surface area (Å²) in [4.78, 5) is 11.1. The van der Waals surface area contributed by atoms with Gasteiger partial charge in [-0.25, -0.2) is 0 Å². The Morgan fingerprint density at radius 1 is 1.38 bits per heavy atom. The van der Waals surface area contributed by atoms with Crippen molar-refractivity contribution in [2.24, 2.45) is 0 Å². The van der Waals surface area contributed by atoms with Crippen LogP contribution in [0.15, 0.2) is 23.9 Å². The Balaban J connectivity index is 2.53. The molecule has 1 unspecified atom stereocenters. The summed E-state index contributed by atoms with van der Waals surface area (Å²) >= 11 is 0. The van der Waals surface area contributed by atoms with Gasteiger partial charge >= 0.3 is 0 Å². The molecule has 0 aromatic carbocycles. The average Bonchev–Trinajstić information content (AvgIpc) is 2.35. The molecular weight excluding hydrogens is 200 g/mol. The van der Waals surface area contributed by atoms with Gasteiger partial charge in [0, 0.05) is 12.2 Å². The highest BCUT2D eigenvalue weighted by molar-refractivity contribution is 5.69. The lowest BCUT2D eigenvalue weighted by Gasteiger charge is -2.28. The second kappa shape index (κ2) is 6.48. The molecule has 0 aromatic heterocycles. The monoisotopic (exact) mass is 222 g/mol. The molecule has 2 N–H and O–H groups in total. The predicted molar refractivity (Wildman–Crippen MR) is 67.2 cm³/mol. The maximum Gasteiger partial charge on any atom is 0.144 e. The molecule has 0 saturated carbocycles. The minimum atomic E-state index is -0.479. The van der Waals surface area contributed by atoms with Crippen molar-refractivity contribution in [2.45, 2.75) is 38.6 Å². The Bertz CT molecular complexity index is 284. The van der Waals surface area contributed by atoms with E-state index in [1.807, 2.05) is 12.2 Å². The van der Waals surface area contributed by atoms with E-state index in [4.69, 9.17) is 0 Å². The molecule has 3 heteroatoms. The molecule has 0 spiro atoms. The van der Waals surface area contributed by atoms with Gasteiger partial charge in [0.1, 0.15) is 6.29 Å². The van der Waals surface area contributed by atoms with Gasteiger partial charge in [-0.1, -0.05) is 26.0 Å². The molecule has 1 aliphatic rings. The first-order chi connectivity index (χ1) is 7.76. The maximum atomic E-state index is 11.1. The van der Waals surface area contributed by atoms with Crippen LogP contribution in [0.2, 0.25) is 0 Å². The highest BCUT2D eigenvalue weighted by Crippen LogP contribution is 2.18. The first kappa shape index (κ1) is 13.0. The SMILES string of the molecule is CCCNC1=CCC(C=O)(NCCC)C=C1. The second-order valence-electron chi connectivity index (χ2n) is 4.21. The van der Waals surface area contributed by atoms with Gasteiger partial charge in [0.15, 0.2) is 0 Å². The fourth-order valence-electron chi connectivity index (χ4n) is 1.67. The van der Waals surface area contributed by atoms with E-state index < -0.39 is 5.54 Å². The minimum Gasteiger partial charge on any atom is -0.385 e. The van der Waals surface area contributed by atoms with Crippen LogP contribution in [0.3, 0.4) is 0 Å². The van der Waals surface area contributed by atoms with Crippen molar-refractivity contribution in [3.8, 4) is 0 Å². The first-order valence-electron chi connectivity index (χ1n) is 6.11. The van der Waals surface area contributed by atoms with Crippen LogP contribution in [0.5, 0.6) is 0 Å². The first-order valence-corrected chi connectivity index (χ1v) is 6.11. The fourth-order valence-corrected chi connectivity index (χ4v) is 1.67. The van der Waals surface area contributed by atoms with Crippen LogP contribution in [0.4, 0.5) is 0 Å². The van der Waals surface area contributed by atoms with E-state index >= 15 is 0 Å². The number of carbonyl (C=O) groups excluding carboxylic acids is 1. The lowest BCUT2D eigenvalue weighted by Crippen LogP contribution is -2.46. The van der Waals surface area contributed by atoms with Crippen LogP contribution in [0, 0.1) is 0 Å². The van der Waals surface area contributed by atoms with E-state index in [-0.39, 0.29) is 0 Å². The molecule has 0 aromatic rings. The molecule has 0 saturated heterocycles. The Morgan fingerprint density at radius 3 is 2.62 bits per heavy atom. The molecule has 0 amide bonds. The van der Waals surface area contributed by atoms with E-state index in [0.717, 1.165) is 44.3 Å². The van der Waals surface area contributed by atoms with Gasteiger partial charge in [-0.3, -0.25) is 0 Å². The standard InChI is InChI=1S/C13H22N2O/c1-3-9-14-12-5-7-13(11-16,8-6-12)15-10-4-2/h5-7,11,14-15H,3-4,8-10H2,1-2H3. The van der Waals surface area contributed by atoms with E-state index in [9.17, 15) is 4.79 Å². The molecule has 1 atom stereocenters. The number of carbonyl (C=O) groups is 1. The third kappa shape index (κ3) is 3.49. The molecular formula is C13H22N2O. The van der Waals surface area contributed by atoms with Crippen molar-refractivity contribution < 1.29 is 4.79 Å². The van der Waals surface area contributed by atoms with Crippen molar-refractivity contribution >= 4 is 6.29 Å². The zero-order chi connectivity index (χ0) is 11.9. The van der Waals surface area contributed by atoms with Crippen molar-refractivity contribution in [3.05, 3.63) is 23.9 Å². The van der Waals surface area contributed by atoms with Crippen LogP contribution in [0.1, 0.15) is 33.1 Å². The summed E-state index contributed by atoms with van der Waals surface area (Å²) in [7, 11) is 0. The molecule has 16 heavy (non-hydrogen) atoms. The molecule has 1 rings (SSSR count). The number of allylic oxidation sites excluding steroid dienone is 1. The molecule has 0 radical (unpaired) electrons. The predicted octanol–water partition coefficient (Wildman–Crippen LogP) is 1.77. The van der Waals surface area contributed by atoms with Gasteiger partial charge in [-0.05, 0) is 31.9 Å². The van der Waals surface area contributed by atoms with Crippen molar-refractivity contribution in [3.63, 3.8) is 0 Å². The zero-order valence-corrected chi connectivity index (χ0v) is 10.3. The Kier molecular flexibility index (Phi) is 5.26. The molecule has 1 aliphatic carbocycles. The lowest BCUT2D eigenvalue weighted by molar-refractivity contribution is -0.111. The number of rotatable bonds is 7. The van der Waals surface area contributed by atoms with Crippen LogP contribution >= 0.6 is 0 Å². The van der Waals surface area contributed by atoms with Gasteiger partial charge < -0.3 is 15.4 Å². The summed E-state index contributed by atoms with van der Waals surface area (Å²) in [5.41, 5.74) is 0.644. The highest BCUT2D eigenvalue weighted by Gasteiger charge is 2.26. The second-order valence-corrected chi connectivity index (χ2v) is 4.21. The quantitative estimate of drug-likeness (QED) is 0.645. The molecule has 0 bridgehead atoms. The fraction of sp³-hybridized carbons (Fsp3) is 0.615. The number of nitrogens with one attached hydrogen (secondary N) is 2. The summed E-state index contributed by atoms with van der Waals surface area (Å²) in [6.07, 6.45) is 9.94. The smallest absolute Gasteiger partial charge is 0.144 e. The van der Waals surface area contributed by atoms with Crippen molar-refractivity contribution in [1.82, 2.24) is 10.6 Å². The molecule has 3 nitrogen and oxygen atoms in total. The van der Waals surface area contributed by atoms with E-state index in [2.05, 4.69) is 30.6 Å². The van der Waals surface area contributed by atoms with E-state index in [0.29, 0.717) is 0 Å².